The molecule has 0 fully saturated rings. The van der Waals surface area contributed by atoms with E-state index in [-0.39, 0.29) is 0 Å². The molecule has 1 aromatic carbocycles. The normalized spacial score (nSPS) is 17.9. The van der Waals surface area contributed by atoms with Crippen molar-refractivity contribution >= 4 is 11.3 Å². The number of benzene rings is 1. The summed E-state index contributed by atoms with van der Waals surface area (Å²) in [5, 5.41) is 0. The van der Waals surface area contributed by atoms with Gasteiger partial charge in [0.05, 0.1) is 25.2 Å². The summed E-state index contributed by atoms with van der Waals surface area (Å²) in [6.45, 7) is 2.66. The highest BCUT2D eigenvalue weighted by Crippen LogP contribution is 2.31. The van der Waals surface area contributed by atoms with Gasteiger partial charge in [-0.25, -0.2) is 4.98 Å². The lowest BCUT2D eigenvalue weighted by molar-refractivity contribution is 0.129. The Bertz CT molecular complexity index is 766. The van der Waals surface area contributed by atoms with Crippen LogP contribution in [-0.2, 0) is 19.6 Å². The van der Waals surface area contributed by atoms with Crippen molar-refractivity contribution in [3.05, 3.63) is 64.6 Å². The highest BCUT2D eigenvalue weighted by molar-refractivity contribution is 7.09. The number of imidazole rings is 1. The first-order valence-corrected chi connectivity index (χ1v) is 8.47. The van der Waals surface area contributed by atoms with Crippen LogP contribution in [0.15, 0.2) is 48.4 Å². The molecule has 0 unspecified atom stereocenters. The van der Waals surface area contributed by atoms with Gasteiger partial charge >= 0.3 is 0 Å². The Hall–Kier alpha value is -2.18. The zero-order valence-electron chi connectivity index (χ0n) is 12.9. The van der Waals surface area contributed by atoms with Gasteiger partial charge in [-0.3, -0.25) is 9.88 Å². The van der Waals surface area contributed by atoms with Gasteiger partial charge in [-0.05, 0) is 17.7 Å². The first-order valence-electron chi connectivity index (χ1n) is 7.59. The van der Waals surface area contributed by atoms with E-state index in [9.17, 15) is 0 Å². The van der Waals surface area contributed by atoms with Crippen LogP contribution in [0.2, 0.25) is 0 Å². The van der Waals surface area contributed by atoms with Crippen LogP contribution in [0.25, 0.3) is 0 Å². The number of rotatable bonds is 4. The van der Waals surface area contributed by atoms with Crippen molar-refractivity contribution in [2.75, 3.05) is 7.11 Å². The van der Waals surface area contributed by atoms with Crippen LogP contribution in [0.4, 0.5) is 0 Å². The van der Waals surface area contributed by atoms with Crippen LogP contribution >= 0.6 is 11.3 Å². The Morgan fingerprint density at radius 1 is 1.30 bits per heavy atom. The quantitative estimate of drug-likeness (QED) is 0.739. The van der Waals surface area contributed by atoms with E-state index in [1.807, 2.05) is 30.0 Å². The van der Waals surface area contributed by atoms with E-state index in [0.29, 0.717) is 6.04 Å². The maximum atomic E-state index is 5.28. The number of aromatic nitrogens is 3. The summed E-state index contributed by atoms with van der Waals surface area (Å²) < 4.78 is 7.53. The highest BCUT2D eigenvalue weighted by atomic mass is 32.1. The van der Waals surface area contributed by atoms with Crippen molar-refractivity contribution in [1.29, 1.82) is 0 Å². The lowest BCUT2D eigenvalue weighted by atomic mass is 10.0. The third kappa shape index (κ3) is 2.87. The summed E-state index contributed by atoms with van der Waals surface area (Å²) in [6.07, 6.45) is 5.91. The van der Waals surface area contributed by atoms with Gasteiger partial charge in [0.2, 0.25) is 0 Å². The van der Waals surface area contributed by atoms with Crippen molar-refractivity contribution < 1.29 is 4.74 Å². The fourth-order valence-corrected chi connectivity index (χ4v) is 3.70. The van der Waals surface area contributed by atoms with E-state index in [2.05, 4.69) is 37.8 Å². The Balaban J connectivity index is 1.65. The third-order valence-electron chi connectivity index (χ3n) is 4.30. The Kier molecular flexibility index (Phi) is 3.85. The second-order valence-corrected chi connectivity index (χ2v) is 6.63. The first-order chi connectivity index (χ1) is 11.3. The van der Waals surface area contributed by atoms with Crippen molar-refractivity contribution in [3.63, 3.8) is 0 Å². The lowest BCUT2D eigenvalue weighted by Crippen LogP contribution is -2.36. The molecule has 1 aliphatic rings. The van der Waals surface area contributed by atoms with Crippen molar-refractivity contribution in [2.24, 2.45) is 0 Å². The zero-order chi connectivity index (χ0) is 15.6. The Labute approximate surface area is 139 Å². The predicted octanol–water partition coefficient (Wildman–Crippen LogP) is 3.11. The SMILES string of the molecule is COc1ccc([C@H]2Cn3ccnc3CN2Cc2cncs2)cc1. The molecule has 0 bridgehead atoms. The van der Waals surface area contributed by atoms with Crippen molar-refractivity contribution in [3.8, 4) is 5.75 Å². The summed E-state index contributed by atoms with van der Waals surface area (Å²) in [6, 6.07) is 8.70. The van der Waals surface area contributed by atoms with Crippen LogP contribution < -0.4 is 4.74 Å². The second kappa shape index (κ2) is 6.14. The van der Waals surface area contributed by atoms with Gasteiger partial charge in [0.1, 0.15) is 11.6 Å². The lowest BCUT2D eigenvalue weighted by Gasteiger charge is -2.36. The number of nitrogens with zero attached hydrogens (tertiary/aromatic N) is 4. The van der Waals surface area contributed by atoms with Crippen LogP contribution in [0.5, 0.6) is 5.75 Å². The standard InChI is InChI=1S/C17H18N4OS/c1-22-14-4-2-13(3-5-14)16-10-20-7-6-19-17(20)11-21(16)9-15-8-18-12-23-15/h2-8,12,16H,9-11H2,1H3/t16-/m1/s1. The first kappa shape index (κ1) is 14.4. The molecule has 23 heavy (non-hydrogen) atoms. The maximum Gasteiger partial charge on any atom is 0.122 e. The largest absolute Gasteiger partial charge is 0.497 e. The molecule has 5 nitrogen and oxygen atoms in total. The Morgan fingerprint density at radius 2 is 2.17 bits per heavy atom. The summed E-state index contributed by atoms with van der Waals surface area (Å²) >= 11 is 1.70. The molecule has 2 aromatic heterocycles. The molecule has 4 rings (SSSR count). The summed E-state index contributed by atoms with van der Waals surface area (Å²) in [7, 11) is 1.70. The van der Waals surface area contributed by atoms with Gasteiger partial charge in [0.15, 0.2) is 0 Å². The number of thiazole rings is 1. The number of ether oxygens (including phenoxy) is 1. The van der Waals surface area contributed by atoms with Crippen molar-refractivity contribution in [1.82, 2.24) is 19.4 Å². The van der Waals surface area contributed by atoms with Crippen LogP contribution in [0.3, 0.4) is 0 Å². The molecule has 1 atom stereocenters. The van der Waals surface area contributed by atoms with Gasteiger partial charge in [-0.2, -0.15) is 0 Å². The third-order valence-corrected chi connectivity index (χ3v) is 5.06. The fraction of sp³-hybridized carbons (Fsp3) is 0.294. The van der Waals surface area contributed by atoms with Crippen molar-refractivity contribution in [2.45, 2.75) is 25.7 Å². The molecule has 0 spiro atoms. The topological polar surface area (TPSA) is 43.2 Å². The summed E-state index contributed by atoms with van der Waals surface area (Å²) in [5.74, 6) is 2.01. The number of hydrogen-bond acceptors (Lipinski definition) is 5. The number of methoxy groups -OCH3 is 1. The van der Waals surface area contributed by atoms with Gasteiger partial charge in [-0.15, -0.1) is 11.3 Å². The van der Waals surface area contributed by atoms with Crippen LogP contribution in [-0.4, -0.2) is 26.5 Å². The highest BCUT2D eigenvalue weighted by Gasteiger charge is 2.28. The minimum atomic E-state index is 0.324. The van der Waals surface area contributed by atoms with E-state index >= 15 is 0 Å². The molecule has 118 valence electrons. The molecule has 0 saturated heterocycles. The fourth-order valence-electron chi connectivity index (χ4n) is 3.08. The van der Waals surface area contributed by atoms with E-state index in [1.54, 1.807) is 18.4 Å². The minimum Gasteiger partial charge on any atom is -0.497 e. The average molecular weight is 326 g/mol. The molecule has 0 saturated carbocycles. The van der Waals surface area contributed by atoms with E-state index in [4.69, 9.17) is 4.74 Å². The number of fused-ring (bicyclic) bond motifs is 1. The maximum absolute atomic E-state index is 5.28. The Morgan fingerprint density at radius 3 is 2.91 bits per heavy atom. The molecular weight excluding hydrogens is 308 g/mol. The zero-order valence-corrected chi connectivity index (χ0v) is 13.7. The van der Waals surface area contributed by atoms with E-state index < -0.39 is 0 Å². The van der Waals surface area contributed by atoms with Gasteiger partial charge < -0.3 is 9.30 Å². The molecule has 6 heteroatoms. The molecule has 0 aliphatic carbocycles. The smallest absolute Gasteiger partial charge is 0.122 e. The van der Waals surface area contributed by atoms with E-state index in [0.717, 1.165) is 31.2 Å². The molecule has 3 aromatic rings. The summed E-state index contributed by atoms with van der Waals surface area (Å²) in [5.41, 5.74) is 3.19. The average Bonchev–Trinajstić information content (AvgIpc) is 3.25. The van der Waals surface area contributed by atoms with Crippen LogP contribution in [0, 0.1) is 0 Å². The van der Waals surface area contributed by atoms with E-state index in [1.165, 1.54) is 10.4 Å². The predicted molar refractivity (Wildman–Crippen MR) is 89.3 cm³/mol. The summed E-state index contributed by atoms with van der Waals surface area (Å²) in [4.78, 5) is 12.4. The molecule has 0 amide bonds. The molecular formula is C17H18N4OS. The number of hydrogen-bond donors (Lipinski definition) is 0. The monoisotopic (exact) mass is 326 g/mol. The minimum absolute atomic E-state index is 0.324. The van der Waals surface area contributed by atoms with Gasteiger partial charge in [0, 0.05) is 36.6 Å². The molecule has 1 aliphatic heterocycles. The molecule has 0 radical (unpaired) electrons. The molecule has 0 N–H and O–H groups in total. The second-order valence-electron chi connectivity index (χ2n) is 5.66. The molecule has 3 heterocycles. The van der Waals surface area contributed by atoms with Crippen LogP contribution in [0.1, 0.15) is 22.3 Å². The van der Waals surface area contributed by atoms with Gasteiger partial charge in [-0.1, -0.05) is 12.1 Å². The van der Waals surface area contributed by atoms with Gasteiger partial charge in [0.25, 0.3) is 0 Å².